The van der Waals surface area contributed by atoms with Crippen LogP contribution in [0.25, 0.3) is 10.8 Å². The van der Waals surface area contributed by atoms with Gasteiger partial charge in [-0.1, -0.05) is 61.0 Å². The number of benzene rings is 4. The molecule has 4 aromatic rings. The molecular formula is C45H54FN9O7. The van der Waals surface area contributed by atoms with Crippen LogP contribution in [0.1, 0.15) is 60.5 Å². The van der Waals surface area contributed by atoms with E-state index in [2.05, 4.69) is 31.6 Å². The lowest BCUT2D eigenvalue weighted by Gasteiger charge is -2.44. The highest BCUT2D eigenvalue weighted by molar-refractivity contribution is 5.96. The van der Waals surface area contributed by atoms with Crippen LogP contribution in [0.3, 0.4) is 0 Å². The number of fused-ring (bicyclic) bond motifs is 1. The van der Waals surface area contributed by atoms with E-state index in [4.69, 9.17) is 11.5 Å². The van der Waals surface area contributed by atoms with Crippen molar-refractivity contribution in [3.63, 3.8) is 0 Å². The molecule has 1 aliphatic heterocycles. The van der Waals surface area contributed by atoms with E-state index in [0.29, 0.717) is 36.7 Å². The molecule has 0 aliphatic carbocycles. The minimum Gasteiger partial charge on any atom is -0.508 e. The number of carbonyl (C=O) groups excluding carboxylic acids is 6. The molecule has 4 unspecified atom stereocenters. The third-order valence-electron chi connectivity index (χ3n) is 10.7. The van der Waals surface area contributed by atoms with Crippen molar-refractivity contribution < 1.29 is 38.3 Å². The van der Waals surface area contributed by atoms with Crippen LogP contribution in [-0.2, 0) is 36.8 Å². The van der Waals surface area contributed by atoms with Crippen molar-refractivity contribution in [2.75, 3.05) is 26.2 Å². The first kappa shape index (κ1) is 46.2. The number of aliphatic imine (C=N–C) groups is 1. The van der Waals surface area contributed by atoms with Crippen molar-refractivity contribution in [2.24, 2.45) is 16.5 Å². The van der Waals surface area contributed by atoms with E-state index in [0.717, 1.165) is 16.3 Å². The molecule has 0 bridgehead atoms. The number of nitrogens with zero attached hydrogens (tertiary/aromatic N) is 2. The molecule has 5 amide bonds. The zero-order valence-corrected chi connectivity index (χ0v) is 34.6. The standard InChI is InChI=1S/C45H54FN9O7/c1-29-40(59)52-37(10-7-22-50-44(47)48)43(62)53-38(25-31-11-14-32-8-3-4-9-34(32)24-31)42(61)51-27-39(58)54-45(28-56,26-30-12-19-36(57)20-13-30)55(29)23-6-2-5-21-49-41(60)33-15-17-35(46)18-16-33/h3-4,8-9,11-20,24,28-29,37-38,57H,2,5-7,10,21-23,25-27H2,1H3,(H,49,60)(H,51,61)(H,52,59)(H,53,62)(H,54,58)(H4,47,48,50). The van der Waals surface area contributed by atoms with Crippen LogP contribution in [0.5, 0.6) is 5.75 Å². The van der Waals surface area contributed by atoms with Crippen LogP contribution in [0.15, 0.2) is 96.0 Å². The van der Waals surface area contributed by atoms with E-state index in [1.807, 2.05) is 42.5 Å². The highest BCUT2D eigenvalue weighted by Gasteiger charge is 2.43. The van der Waals surface area contributed by atoms with E-state index in [1.54, 1.807) is 24.0 Å². The second-order valence-corrected chi connectivity index (χ2v) is 15.3. The van der Waals surface area contributed by atoms with Gasteiger partial charge in [0.05, 0.1) is 12.6 Å². The number of carbonyl (C=O) groups is 6. The molecule has 328 valence electrons. The second-order valence-electron chi connectivity index (χ2n) is 15.3. The molecule has 0 aromatic heterocycles. The monoisotopic (exact) mass is 851 g/mol. The number of unbranched alkanes of at least 4 members (excludes halogenated alkanes) is 2. The summed E-state index contributed by atoms with van der Waals surface area (Å²) in [5, 5.41) is 25.8. The van der Waals surface area contributed by atoms with Crippen LogP contribution >= 0.6 is 0 Å². The fourth-order valence-electron chi connectivity index (χ4n) is 7.37. The van der Waals surface area contributed by atoms with Crippen molar-refractivity contribution in [1.82, 2.24) is 31.5 Å². The summed E-state index contributed by atoms with van der Waals surface area (Å²) in [6, 6.07) is 21.1. The van der Waals surface area contributed by atoms with Crippen LogP contribution in [-0.4, -0.2) is 102 Å². The molecule has 1 heterocycles. The second kappa shape index (κ2) is 22.1. The number of amides is 5. The Morgan fingerprint density at radius 3 is 2.27 bits per heavy atom. The summed E-state index contributed by atoms with van der Waals surface area (Å²) in [6.07, 6.45) is 2.22. The summed E-state index contributed by atoms with van der Waals surface area (Å²) < 4.78 is 13.3. The Labute approximate surface area is 359 Å². The van der Waals surface area contributed by atoms with Crippen molar-refractivity contribution in [3.8, 4) is 5.75 Å². The molecule has 1 fully saturated rings. The molecule has 0 radical (unpaired) electrons. The van der Waals surface area contributed by atoms with E-state index in [9.17, 15) is 38.3 Å². The maximum atomic E-state index is 14.4. The van der Waals surface area contributed by atoms with Gasteiger partial charge in [0.25, 0.3) is 5.91 Å². The summed E-state index contributed by atoms with van der Waals surface area (Å²) in [5.41, 5.74) is 10.8. The Morgan fingerprint density at radius 2 is 1.56 bits per heavy atom. The summed E-state index contributed by atoms with van der Waals surface area (Å²) in [4.78, 5) is 87.9. The molecular weight excluding hydrogens is 798 g/mol. The fraction of sp³-hybridized carbons (Fsp3) is 0.356. The smallest absolute Gasteiger partial charge is 0.251 e. The minimum absolute atomic E-state index is 0.0230. The van der Waals surface area contributed by atoms with Gasteiger partial charge in [0.2, 0.25) is 23.6 Å². The molecule has 4 aromatic carbocycles. The van der Waals surface area contributed by atoms with Crippen LogP contribution in [0.2, 0.25) is 0 Å². The quantitative estimate of drug-likeness (QED) is 0.0352. The lowest BCUT2D eigenvalue weighted by Crippen LogP contribution is -2.69. The predicted molar refractivity (Wildman–Crippen MR) is 232 cm³/mol. The Bertz CT molecular complexity index is 2240. The van der Waals surface area contributed by atoms with Crippen LogP contribution in [0.4, 0.5) is 4.39 Å². The van der Waals surface area contributed by atoms with Gasteiger partial charge in [0, 0.05) is 38.0 Å². The number of hydrogen-bond donors (Lipinski definition) is 8. The lowest BCUT2D eigenvalue weighted by molar-refractivity contribution is -0.142. The maximum absolute atomic E-state index is 14.4. The summed E-state index contributed by atoms with van der Waals surface area (Å²) in [7, 11) is 0. The third kappa shape index (κ3) is 13.1. The SMILES string of the molecule is CC1C(=O)NC(CCCN=C(N)N)C(=O)NC(Cc2ccc3ccccc3c2)C(=O)NCC(=O)NC(C=O)(Cc2ccc(O)cc2)N1CCCCCNC(=O)c1ccc(F)cc1. The van der Waals surface area contributed by atoms with Crippen molar-refractivity contribution >= 4 is 52.6 Å². The molecule has 62 heavy (non-hydrogen) atoms. The van der Waals surface area contributed by atoms with E-state index < -0.39 is 59.8 Å². The summed E-state index contributed by atoms with van der Waals surface area (Å²) in [5.74, 6) is -3.70. The average molecular weight is 852 g/mol. The largest absolute Gasteiger partial charge is 0.508 e. The van der Waals surface area contributed by atoms with Gasteiger partial charge in [-0.3, -0.25) is 38.7 Å². The van der Waals surface area contributed by atoms with Gasteiger partial charge in [-0.15, -0.1) is 0 Å². The third-order valence-corrected chi connectivity index (χ3v) is 10.7. The topological polar surface area (TPSA) is 250 Å². The lowest BCUT2D eigenvalue weighted by atomic mass is 9.95. The number of hydrogen-bond acceptors (Lipinski definition) is 9. The van der Waals surface area contributed by atoms with Crippen LogP contribution in [0, 0.1) is 5.82 Å². The Kier molecular flexibility index (Phi) is 16.5. The number of nitrogens with two attached hydrogens (primary N) is 2. The van der Waals surface area contributed by atoms with Gasteiger partial charge in [-0.05, 0) is 90.9 Å². The van der Waals surface area contributed by atoms with E-state index >= 15 is 0 Å². The number of aromatic hydroxyl groups is 1. The molecule has 1 aliphatic rings. The Hall–Kier alpha value is -6.88. The zero-order valence-electron chi connectivity index (χ0n) is 34.6. The van der Waals surface area contributed by atoms with Gasteiger partial charge in [0.1, 0.15) is 23.7 Å². The van der Waals surface area contributed by atoms with E-state index in [-0.39, 0.29) is 62.9 Å². The highest BCUT2D eigenvalue weighted by atomic mass is 19.1. The fourth-order valence-corrected chi connectivity index (χ4v) is 7.37. The number of rotatable bonds is 16. The number of phenols is 1. The first-order chi connectivity index (χ1) is 29.8. The van der Waals surface area contributed by atoms with Crippen LogP contribution < -0.4 is 38.1 Å². The molecule has 1 saturated heterocycles. The summed E-state index contributed by atoms with van der Waals surface area (Å²) in [6.45, 7) is 1.51. The van der Waals surface area contributed by atoms with E-state index in [1.165, 1.54) is 36.4 Å². The highest BCUT2D eigenvalue weighted by Crippen LogP contribution is 2.24. The summed E-state index contributed by atoms with van der Waals surface area (Å²) >= 11 is 0. The zero-order chi connectivity index (χ0) is 44.6. The predicted octanol–water partition coefficient (Wildman–Crippen LogP) is 1.92. The molecule has 0 spiro atoms. The number of nitrogens with one attached hydrogen (secondary N) is 5. The van der Waals surface area contributed by atoms with Crippen molar-refractivity contribution in [2.45, 2.75) is 75.7 Å². The molecule has 4 atom stereocenters. The van der Waals surface area contributed by atoms with Gasteiger partial charge in [-0.2, -0.15) is 0 Å². The number of aldehydes is 1. The van der Waals surface area contributed by atoms with Crippen molar-refractivity contribution in [1.29, 1.82) is 0 Å². The Morgan fingerprint density at radius 1 is 0.871 bits per heavy atom. The molecule has 10 N–H and O–H groups in total. The Balaban J connectivity index is 1.43. The molecule has 5 rings (SSSR count). The van der Waals surface area contributed by atoms with Crippen molar-refractivity contribution in [3.05, 3.63) is 114 Å². The average Bonchev–Trinajstić information content (AvgIpc) is 3.26. The number of phenolic OH excluding ortho intramolecular Hbond substituents is 1. The first-order valence-electron chi connectivity index (χ1n) is 20.5. The van der Waals surface area contributed by atoms with Gasteiger partial charge < -0.3 is 43.2 Å². The van der Waals surface area contributed by atoms with Gasteiger partial charge in [-0.25, -0.2) is 4.39 Å². The minimum atomic E-state index is -1.87. The normalized spacial score (nSPS) is 20.2. The molecule has 16 nitrogen and oxygen atoms in total. The molecule has 17 heteroatoms. The van der Waals surface area contributed by atoms with Gasteiger partial charge in [0.15, 0.2) is 17.9 Å². The maximum Gasteiger partial charge on any atom is 0.251 e. The number of halogens is 1. The number of guanidine groups is 1. The molecule has 0 saturated carbocycles. The van der Waals surface area contributed by atoms with Gasteiger partial charge >= 0.3 is 0 Å². The first-order valence-corrected chi connectivity index (χ1v) is 20.5.